The predicted molar refractivity (Wildman–Crippen MR) is 126 cm³/mol. The number of anilines is 1. The van der Waals surface area contributed by atoms with Gasteiger partial charge in [0.15, 0.2) is 5.69 Å². The number of pyridine rings is 1. The number of ether oxygens (including phenoxy) is 1. The lowest BCUT2D eigenvalue weighted by Crippen LogP contribution is -2.29. The van der Waals surface area contributed by atoms with Crippen molar-refractivity contribution in [2.45, 2.75) is 57.9 Å². The number of aromatic nitrogens is 3. The van der Waals surface area contributed by atoms with Crippen LogP contribution in [-0.4, -0.2) is 26.6 Å². The van der Waals surface area contributed by atoms with Crippen molar-refractivity contribution in [2.24, 2.45) is 5.92 Å². The molecule has 0 bridgehead atoms. The quantitative estimate of drug-likeness (QED) is 0.400. The van der Waals surface area contributed by atoms with Crippen molar-refractivity contribution >= 4 is 17.7 Å². The summed E-state index contributed by atoms with van der Waals surface area (Å²) in [5.41, 5.74) is 0.0221. The molecule has 1 saturated carbocycles. The minimum Gasteiger partial charge on any atom is -0.457 e. The van der Waals surface area contributed by atoms with Gasteiger partial charge < -0.3 is 10.1 Å². The lowest BCUT2D eigenvalue weighted by atomic mass is 9.98. The minimum absolute atomic E-state index is 0.0387. The van der Waals surface area contributed by atoms with E-state index < -0.39 is 29.8 Å². The number of nitrogens with one attached hydrogen (secondary N) is 1. The number of halogens is 3. The first-order valence-electron chi connectivity index (χ1n) is 11.8. The molecule has 0 unspecified atom stereocenters. The SMILES string of the molecule is Cc1cn([C@@H](CC2CCCC2)C(=O)Nc2ccc(C(=O)OCc3ccccc3)cn2)nc1C(F)(F)F. The average molecular weight is 501 g/mol. The van der Waals surface area contributed by atoms with E-state index in [1.807, 2.05) is 30.3 Å². The Kier molecular flexibility index (Phi) is 7.71. The van der Waals surface area contributed by atoms with Crippen LogP contribution in [0.25, 0.3) is 0 Å². The molecule has 1 atom stereocenters. The number of nitrogens with zero attached hydrogens (tertiary/aromatic N) is 3. The number of hydrogen-bond acceptors (Lipinski definition) is 5. The summed E-state index contributed by atoms with van der Waals surface area (Å²) in [6.07, 6.45) is 2.26. The van der Waals surface area contributed by atoms with Crippen LogP contribution < -0.4 is 5.32 Å². The Bertz CT molecular complexity index is 1190. The van der Waals surface area contributed by atoms with Gasteiger partial charge in [-0.3, -0.25) is 9.48 Å². The molecule has 190 valence electrons. The van der Waals surface area contributed by atoms with Gasteiger partial charge in [0.05, 0.1) is 5.56 Å². The molecule has 1 amide bonds. The zero-order chi connectivity index (χ0) is 25.7. The summed E-state index contributed by atoms with van der Waals surface area (Å²) < 4.78 is 46.3. The molecule has 2 aromatic heterocycles. The lowest BCUT2D eigenvalue weighted by Gasteiger charge is -2.20. The first-order chi connectivity index (χ1) is 17.2. The van der Waals surface area contributed by atoms with E-state index in [4.69, 9.17) is 4.74 Å². The average Bonchev–Trinajstić information content (AvgIpc) is 3.51. The molecule has 1 N–H and O–H groups in total. The van der Waals surface area contributed by atoms with Gasteiger partial charge in [0, 0.05) is 12.4 Å². The summed E-state index contributed by atoms with van der Waals surface area (Å²) in [5.74, 6) is -0.662. The highest BCUT2D eigenvalue weighted by molar-refractivity contribution is 5.93. The highest BCUT2D eigenvalue weighted by Crippen LogP contribution is 2.35. The highest BCUT2D eigenvalue weighted by Gasteiger charge is 2.37. The molecule has 4 rings (SSSR count). The van der Waals surface area contributed by atoms with E-state index in [2.05, 4.69) is 15.4 Å². The van der Waals surface area contributed by atoms with Crippen molar-refractivity contribution in [2.75, 3.05) is 5.32 Å². The fourth-order valence-corrected chi connectivity index (χ4v) is 4.42. The Balaban J connectivity index is 1.45. The van der Waals surface area contributed by atoms with Gasteiger partial charge in [-0.25, -0.2) is 9.78 Å². The summed E-state index contributed by atoms with van der Waals surface area (Å²) >= 11 is 0. The monoisotopic (exact) mass is 500 g/mol. The topological polar surface area (TPSA) is 86.1 Å². The molecular weight excluding hydrogens is 473 g/mol. The van der Waals surface area contributed by atoms with E-state index in [1.54, 1.807) is 0 Å². The molecule has 1 fully saturated rings. The molecule has 0 aliphatic heterocycles. The summed E-state index contributed by atoms with van der Waals surface area (Å²) in [7, 11) is 0. The van der Waals surface area contributed by atoms with Crippen LogP contribution >= 0.6 is 0 Å². The van der Waals surface area contributed by atoms with Crippen molar-refractivity contribution in [3.05, 3.63) is 77.2 Å². The van der Waals surface area contributed by atoms with Gasteiger partial charge in [0.2, 0.25) is 5.91 Å². The van der Waals surface area contributed by atoms with Crippen LogP contribution in [0.1, 0.15) is 65.3 Å². The summed E-state index contributed by atoms with van der Waals surface area (Å²) in [4.78, 5) is 29.6. The fraction of sp³-hybridized carbons (Fsp3) is 0.385. The molecule has 7 nitrogen and oxygen atoms in total. The number of amides is 1. The van der Waals surface area contributed by atoms with Crippen LogP contribution in [0.5, 0.6) is 0 Å². The molecule has 1 aliphatic rings. The molecule has 10 heteroatoms. The van der Waals surface area contributed by atoms with E-state index in [9.17, 15) is 22.8 Å². The van der Waals surface area contributed by atoms with E-state index >= 15 is 0 Å². The molecule has 0 spiro atoms. The number of carbonyl (C=O) groups excluding carboxylic acids is 2. The Labute approximate surface area is 206 Å². The number of benzene rings is 1. The molecular formula is C26H27F3N4O3. The summed E-state index contributed by atoms with van der Waals surface area (Å²) in [5, 5.41) is 6.38. The molecule has 0 radical (unpaired) electrons. The Hall–Kier alpha value is -3.69. The molecule has 3 aromatic rings. The first-order valence-corrected chi connectivity index (χ1v) is 11.8. The van der Waals surface area contributed by atoms with Crippen molar-refractivity contribution in [1.82, 2.24) is 14.8 Å². The minimum atomic E-state index is -4.60. The number of alkyl halides is 3. The second kappa shape index (κ2) is 10.9. The van der Waals surface area contributed by atoms with Crippen LogP contribution in [-0.2, 0) is 22.3 Å². The van der Waals surface area contributed by atoms with E-state index in [1.165, 1.54) is 31.5 Å². The van der Waals surface area contributed by atoms with Gasteiger partial charge in [-0.2, -0.15) is 18.3 Å². The lowest BCUT2D eigenvalue weighted by molar-refractivity contribution is -0.142. The Morgan fingerprint density at radius 1 is 1.14 bits per heavy atom. The third-order valence-electron chi connectivity index (χ3n) is 6.30. The van der Waals surface area contributed by atoms with Gasteiger partial charge in [0.1, 0.15) is 18.5 Å². The first kappa shape index (κ1) is 25.4. The number of aryl methyl sites for hydroxylation is 1. The van der Waals surface area contributed by atoms with Crippen LogP contribution in [0.2, 0.25) is 0 Å². The Morgan fingerprint density at radius 2 is 1.86 bits per heavy atom. The van der Waals surface area contributed by atoms with Crippen LogP contribution in [0.3, 0.4) is 0 Å². The maximum Gasteiger partial charge on any atom is 0.435 e. The number of hydrogen-bond donors (Lipinski definition) is 1. The normalized spacial score (nSPS) is 15.0. The van der Waals surface area contributed by atoms with Gasteiger partial charge in [-0.1, -0.05) is 56.0 Å². The number of esters is 1. The van der Waals surface area contributed by atoms with E-state index in [0.29, 0.717) is 6.42 Å². The zero-order valence-electron chi connectivity index (χ0n) is 19.8. The van der Waals surface area contributed by atoms with Crippen LogP contribution in [0, 0.1) is 12.8 Å². The van der Waals surface area contributed by atoms with E-state index in [-0.39, 0.29) is 29.5 Å². The Morgan fingerprint density at radius 3 is 2.47 bits per heavy atom. The standard InChI is InChI=1S/C26H27F3N4O3/c1-17-15-33(32-23(17)26(27,28)29)21(13-18-7-5-6-8-18)24(34)31-22-12-11-20(14-30-22)25(35)36-16-19-9-3-2-4-10-19/h2-4,9-12,14-15,18,21H,5-8,13,16H2,1H3,(H,30,31,34)/t21-/m0/s1. The van der Waals surface area contributed by atoms with Crippen molar-refractivity contribution < 1.29 is 27.5 Å². The second-order valence-corrected chi connectivity index (χ2v) is 9.02. The third-order valence-corrected chi connectivity index (χ3v) is 6.30. The summed E-state index contributed by atoms with van der Waals surface area (Å²) in [6.45, 7) is 1.44. The number of carbonyl (C=O) groups is 2. The van der Waals surface area contributed by atoms with Gasteiger partial charge >= 0.3 is 12.1 Å². The van der Waals surface area contributed by atoms with Gasteiger partial charge in [-0.05, 0) is 42.5 Å². The predicted octanol–water partition coefficient (Wildman–Crippen LogP) is 5.72. The maximum absolute atomic E-state index is 13.3. The molecule has 1 aromatic carbocycles. The van der Waals surface area contributed by atoms with Gasteiger partial charge in [-0.15, -0.1) is 0 Å². The van der Waals surface area contributed by atoms with Crippen molar-refractivity contribution in [3.8, 4) is 0 Å². The largest absolute Gasteiger partial charge is 0.457 e. The van der Waals surface area contributed by atoms with Crippen molar-refractivity contribution in [1.29, 1.82) is 0 Å². The van der Waals surface area contributed by atoms with Crippen LogP contribution in [0.4, 0.5) is 19.0 Å². The summed E-state index contributed by atoms with van der Waals surface area (Å²) in [6, 6.07) is 11.2. The highest BCUT2D eigenvalue weighted by atomic mass is 19.4. The van der Waals surface area contributed by atoms with Crippen molar-refractivity contribution in [3.63, 3.8) is 0 Å². The third kappa shape index (κ3) is 6.30. The molecule has 2 heterocycles. The molecule has 1 aliphatic carbocycles. The second-order valence-electron chi connectivity index (χ2n) is 9.02. The fourth-order valence-electron chi connectivity index (χ4n) is 4.42. The zero-order valence-corrected chi connectivity index (χ0v) is 19.8. The number of rotatable bonds is 8. The van der Waals surface area contributed by atoms with E-state index in [0.717, 1.165) is 35.9 Å². The van der Waals surface area contributed by atoms with Crippen LogP contribution in [0.15, 0.2) is 54.9 Å². The molecule has 36 heavy (non-hydrogen) atoms. The molecule has 0 saturated heterocycles. The smallest absolute Gasteiger partial charge is 0.435 e. The maximum atomic E-state index is 13.3. The van der Waals surface area contributed by atoms with Gasteiger partial charge in [0.25, 0.3) is 0 Å².